The summed E-state index contributed by atoms with van der Waals surface area (Å²) in [5.74, 6) is 1.50. The second-order valence-electron chi connectivity index (χ2n) is 8.83. The molecule has 0 saturated heterocycles. The Bertz CT molecular complexity index is 1320. The predicted octanol–water partition coefficient (Wildman–Crippen LogP) is 4.49. The number of aryl methyl sites for hydroxylation is 2. The van der Waals surface area contributed by atoms with E-state index in [0.29, 0.717) is 18.8 Å². The molecule has 1 amide bonds. The van der Waals surface area contributed by atoms with Crippen LogP contribution in [0.3, 0.4) is 0 Å². The summed E-state index contributed by atoms with van der Waals surface area (Å²) in [6, 6.07) is 14.5. The van der Waals surface area contributed by atoms with Crippen LogP contribution in [0.4, 0.5) is 5.82 Å². The molecule has 1 aliphatic carbocycles. The lowest BCUT2D eigenvalue weighted by atomic mass is 10.0. The summed E-state index contributed by atoms with van der Waals surface area (Å²) in [6.45, 7) is 0.853. The highest BCUT2D eigenvalue weighted by molar-refractivity contribution is 6.99. The number of carbonyl (C=O) groups excluding carboxylic acids is 1. The number of nitrogens with zero attached hydrogens (tertiary/aromatic N) is 5. The predicted molar refractivity (Wildman–Crippen MR) is 135 cm³/mol. The van der Waals surface area contributed by atoms with E-state index in [-0.39, 0.29) is 5.91 Å². The van der Waals surface area contributed by atoms with E-state index in [9.17, 15) is 4.79 Å². The van der Waals surface area contributed by atoms with Crippen LogP contribution in [-0.4, -0.2) is 45.7 Å². The lowest BCUT2D eigenvalue weighted by molar-refractivity contribution is 0.0725. The number of hydrogen-bond donors (Lipinski definition) is 0. The molecule has 0 aliphatic heterocycles. The molecule has 4 aromatic rings. The minimum atomic E-state index is -0.150. The van der Waals surface area contributed by atoms with Gasteiger partial charge < -0.3 is 14.5 Å². The Morgan fingerprint density at radius 2 is 1.82 bits per heavy atom. The zero-order chi connectivity index (χ0) is 23.7. The maximum absolute atomic E-state index is 13.4. The van der Waals surface area contributed by atoms with Crippen LogP contribution in [0, 0.1) is 0 Å². The Labute approximate surface area is 203 Å². The molecule has 7 nitrogen and oxygen atoms in total. The number of carbonyl (C=O) groups is 1. The Kier molecular flexibility index (Phi) is 6.15. The van der Waals surface area contributed by atoms with Gasteiger partial charge in [-0.05, 0) is 66.3 Å². The fraction of sp³-hybridized carbons (Fsp3) is 0.308. The van der Waals surface area contributed by atoms with E-state index in [2.05, 4.69) is 26.9 Å². The van der Waals surface area contributed by atoms with E-state index in [1.54, 1.807) is 7.11 Å². The minimum absolute atomic E-state index is 0.150. The van der Waals surface area contributed by atoms with E-state index >= 15 is 0 Å². The zero-order valence-corrected chi connectivity index (χ0v) is 20.4. The van der Waals surface area contributed by atoms with Crippen molar-refractivity contribution in [3.63, 3.8) is 0 Å². The average Bonchev–Trinajstić information content (AvgIpc) is 3.54. The molecule has 8 heteroatoms. The normalized spacial score (nSPS) is 12.6. The number of aromatic nitrogens is 3. The van der Waals surface area contributed by atoms with E-state index in [1.807, 2.05) is 48.2 Å². The first-order valence-electron chi connectivity index (χ1n) is 11.3. The third-order valence-electron chi connectivity index (χ3n) is 6.27. The zero-order valence-electron chi connectivity index (χ0n) is 19.6. The van der Waals surface area contributed by atoms with Crippen molar-refractivity contribution in [3.8, 4) is 5.75 Å². The van der Waals surface area contributed by atoms with Crippen molar-refractivity contribution in [1.29, 1.82) is 0 Å². The van der Waals surface area contributed by atoms with Crippen LogP contribution < -0.4 is 9.64 Å². The van der Waals surface area contributed by atoms with Gasteiger partial charge in [0.2, 0.25) is 0 Å². The van der Waals surface area contributed by atoms with Gasteiger partial charge in [0.1, 0.15) is 11.6 Å². The van der Waals surface area contributed by atoms with Gasteiger partial charge in [0.05, 0.1) is 37.1 Å². The Morgan fingerprint density at radius 1 is 1.06 bits per heavy atom. The Balaban J connectivity index is 1.53. The van der Waals surface area contributed by atoms with Crippen molar-refractivity contribution < 1.29 is 9.53 Å². The van der Waals surface area contributed by atoms with Gasteiger partial charge >= 0.3 is 0 Å². The quantitative estimate of drug-likeness (QED) is 0.394. The van der Waals surface area contributed by atoms with Gasteiger partial charge in [-0.25, -0.2) is 4.98 Å². The number of rotatable bonds is 7. The maximum Gasteiger partial charge on any atom is 0.275 e. The molecule has 0 radical (unpaired) electrons. The lowest BCUT2D eigenvalue weighted by Gasteiger charge is -2.25. The largest absolute Gasteiger partial charge is 0.497 e. The summed E-state index contributed by atoms with van der Waals surface area (Å²) >= 11 is 1.04. The third-order valence-corrected chi connectivity index (χ3v) is 6.75. The molecular formula is C26H27N5O2S. The number of benzene rings is 2. The molecule has 0 saturated carbocycles. The van der Waals surface area contributed by atoms with Crippen molar-refractivity contribution in [2.45, 2.75) is 32.4 Å². The van der Waals surface area contributed by atoms with Crippen LogP contribution in [0.25, 0.3) is 10.9 Å². The molecule has 0 bridgehead atoms. The van der Waals surface area contributed by atoms with Crippen LogP contribution in [0.15, 0.2) is 48.7 Å². The number of ether oxygens (including phenoxy) is 1. The SMILES string of the molecule is COc1ccc(CN(Cc2cc3cc4c(cc3nc2N(C)C)CCC4)C(=O)c2cnsn2)cc1. The number of hydrogen-bond acceptors (Lipinski definition) is 7. The van der Waals surface area contributed by atoms with Crippen LogP contribution in [0.2, 0.25) is 0 Å². The summed E-state index contributed by atoms with van der Waals surface area (Å²) < 4.78 is 13.5. The number of pyridine rings is 1. The Morgan fingerprint density at radius 3 is 2.50 bits per heavy atom. The minimum Gasteiger partial charge on any atom is -0.497 e. The topological polar surface area (TPSA) is 71.5 Å². The number of methoxy groups -OCH3 is 1. The van der Waals surface area contributed by atoms with Gasteiger partial charge in [0.25, 0.3) is 5.91 Å². The fourth-order valence-electron chi connectivity index (χ4n) is 4.56. The van der Waals surface area contributed by atoms with E-state index in [0.717, 1.165) is 58.2 Å². The maximum atomic E-state index is 13.4. The van der Waals surface area contributed by atoms with Crippen molar-refractivity contribution in [2.24, 2.45) is 0 Å². The molecule has 2 aromatic heterocycles. The second-order valence-corrected chi connectivity index (χ2v) is 9.39. The smallest absolute Gasteiger partial charge is 0.275 e. The highest BCUT2D eigenvalue weighted by Gasteiger charge is 2.22. The monoisotopic (exact) mass is 473 g/mol. The summed E-state index contributed by atoms with van der Waals surface area (Å²) in [7, 11) is 5.63. The van der Waals surface area contributed by atoms with Gasteiger partial charge in [-0.3, -0.25) is 4.79 Å². The second kappa shape index (κ2) is 9.38. The van der Waals surface area contributed by atoms with Gasteiger partial charge in [0.15, 0.2) is 5.69 Å². The van der Waals surface area contributed by atoms with E-state index < -0.39 is 0 Å². The Hall–Kier alpha value is -3.52. The molecular weight excluding hydrogens is 446 g/mol. The third kappa shape index (κ3) is 4.46. The average molecular weight is 474 g/mol. The van der Waals surface area contributed by atoms with Gasteiger partial charge in [0, 0.05) is 31.6 Å². The molecule has 0 fully saturated rings. The summed E-state index contributed by atoms with van der Waals surface area (Å²) in [6.07, 6.45) is 4.97. The first kappa shape index (κ1) is 22.3. The number of anilines is 1. The highest BCUT2D eigenvalue weighted by atomic mass is 32.1. The van der Waals surface area contributed by atoms with Gasteiger partial charge in [-0.2, -0.15) is 8.75 Å². The van der Waals surface area contributed by atoms with Gasteiger partial charge in [-0.1, -0.05) is 12.1 Å². The molecule has 174 valence electrons. The van der Waals surface area contributed by atoms with Crippen molar-refractivity contribution in [1.82, 2.24) is 18.6 Å². The van der Waals surface area contributed by atoms with Crippen LogP contribution in [0.1, 0.15) is 39.2 Å². The fourth-order valence-corrected chi connectivity index (χ4v) is 4.97. The van der Waals surface area contributed by atoms with Gasteiger partial charge in [-0.15, -0.1) is 0 Å². The molecule has 2 heterocycles. The number of fused-ring (bicyclic) bond motifs is 2. The van der Waals surface area contributed by atoms with Crippen molar-refractivity contribution >= 4 is 34.4 Å². The first-order valence-corrected chi connectivity index (χ1v) is 12.1. The molecule has 34 heavy (non-hydrogen) atoms. The van der Waals surface area contributed by atoms with E-state index in [1.165, 1.54) is 23.7 Å². The molecule has 2 aromatic carbocycles. The number of amides is 1. The van der Waals surface area contributed by atoms with Crippen LogP contribution >= 0.6 is 11.7 Å². The molecule has 0 atom stereocenters. The molecule has 0 unspecified atom stereocenters. The van der Waals surface area contributed by atoms with Crippen LogP contribution in [-0.2, 0) is 25.9 Å². The molecule has 5 rings (SSSR count). The molecule has 0 N–H and O–H groups in total. The summed E-state index contributed by atoms with van der Waals surface area (Å²) in [4.78, 5) is 22.2. The summed E-state index contributed by atoms with van der Waals surface area (Å²) in [5.41, 5.74) is 6.19. The van der Waals surface area contributed by atoms with Crippen molar-refractivity contribution in [2.75, 3.05) is 26.1 Å². The standard InChI is InChI=1S/C26H27N5O2S/c1-30(2)25-21(12-20-11-18-5-4-6-19(18)13-23(20)28-25)16-31(26(32)24-14-27-34-29-24)15-17-7-9-22(33-3)10-8-17/h7-14H,4-6,15-16H2,1-3H3. The first-order chi connectivity index (χ1) is 16.5. The summed E-state index contributed by atoms with van der Waals surface area (Å²) in [5, 5.41) is 1.12. The lowest BCUT2D eigenvalue weighted by Crippen LogP contribution is -2.31. The molecule has 1 aliphatic rings. The van der Waals surface area contributed by atoms with Crippen LogP contribution in [0.5, 0.6) is 5.75 Å². The van der Waals surface area contributed by atoms with E-state index in [4.69, 9.17) is 9.72 Å². The molecule has 0 spiro atoms. The highest BCUT2D eigenvalue weighted by Crippen LogP contribution is 2.30. The van der Waals surface area contributed by atoms with Crippen molar-refractivity contribution in [3.05, 3.63) is 76.6 Å².